The van der Waals surface area contributed by atoms with E-state index in [-0.39, 0.29) is 11.3 Å². The van der Waals surface area contributed by atoms with E-state index >= 15 is 0 Å². The van der Waals surface area contributed by atoms with Crippen molar-refractivity contribution in [3.8, 4) is 11.5 Å². The smallest absolute Gasteiger partial charge is 0.339 e. The molecule has 0 amide bonds. The molecule has 1 aromatic carbocycles. The molecule has 0 aliphatic heterocycles. The number of hydrogen-bond acceptors (Lipinski definition) is 3. The SMILES string of the molecule is CCC/C=C/C=C/CCc1cc(O)cc(O)c1C(=O)O. The number of carboxylic acids is 1. The molecule has 1 aromatic rings. The Morgan fingerprint density at radius 2 is 1.80 bits per heavy atom. The fraction of sp³-hybridized carbons (Fsp3) is 0.312. The van der Waals surface area contributed by atoms with Gasteiger partial charge in [-0.05, 0) is 30.9 Å². The summed E-state index contributed by atoms with van der Waals surface area (Å²) < 4.78 is 0. The number of hydrogen-bond donors (Lipinski definition) is 3. The Morgan fingerprint density at radius 1 is 1.15 bits per heavy atom. The van der Waals surface area contributed by atoms with E-state index in [2.05, 4.69) is 13.0 Å². The van der Waals surface area contributed by atoms with Gasteiger partial charge in [-0.15, -0.1) is 0 Å². The van der Waals surface area contributed by atoms with Crippen molar-refractivity contribution in [2.75, 3.05) is 0 Å². The second-order valence-corrected chi connectivity index (χ2v) is 4.49. The predicted molar refractivity (Wildman–Crippen MR) is 78.2 cm³/mol. The van der Waals surface area contributed by atoms with Gasteiger partial charge >= 0.3 is 5.97 Å². The van der Waals surface area contributed by atoms with E-state index in [1.807, 2.05) is 18.2 Å². The van der Waals surface area contributed by atoms with Crippen molar-refractivity contribution >= 4 is 5.97 Å². The number of carboxylic acid groups (broad SMARTS) is 1. The molecule has 0 aromatic heterocycles. The highest BCUT2D eigenvalue weighted by Gasteiger charge is 2.16. The van der Waals surface area contributed by atoms with Crippen LogP contribution < -0.4 is 0 Å². The van der Waals surface area contributed by atoms with E-state index in [4.69, 9.17) is 5.11 Å². The third-order valence-electron chi connectivity index (χ3n) is 2.82. The number of carbonyl (C=O) groups is 1. The molecule has 0 unspecified atom stereocenters. The number of rotatable bonds is 7. The van der Waals surface area contributed by atoms with Crippen molar-refractivity contribution in [1.29, 1.82) is 0 Å². The lowest BCUT2D eigenvalue weighted by atomic mass is 10.0. The van der Waals surface area contributed by atoms with Crippen LogP contribution in [0, 0.1) is 0 Å². The maximum atomic E-state index is 11.1. The van der Waals surface area contributed by atoms with E-state index in [1.165, 1.54) is 6.07 Å². The minimum absolute atomic E-state index is 0.130. The average molecular weight is 276 g/mol. The highest BCUT2D eigenvalue weighted by atomic mass is 16.4. The average Bonchev–Trinajstić information content (AvgIpc) is 2.36. The maximum Gasteiger partial charge on any atom is 0.339 e. The highest BCUT2D eigenvalue weighted by molar-refractivity contribution is 5.92. The number of benzene rings is 1. The molecular weight excluding hydrogens is 256 g/mol. The number of unbranched alkanes of at least 4 members (excludes halogenated alkanes) is 1. The first-order valence-corrected chi connectivity index (χ1v) is 6.66. The Balaban J connectivity index is 2.70. The van der Waals surface area contributed by atoms with Gasteiger partial charge in [0, 0.05) is 6.07 Å². The normalized spacial score (nSPS) is 11.4. The lowest BCUT2D eigenvalue weighted by Crippen LogP contribution is -2.02. The van der Waals surface area contributed by atoms with E-state index in [0.717, 1.165) is 18.9 Å². The Labute approximate surface area is 118 Å². The van der Waals surface area contributed by atoms with Crippen LogP contribution in [0.25, 0.3) is 0 Å². The highest BCUT2D eigenvalue weighted by Crippen LogP contribution is 2.28. The van der Waals surface area contributed by atoms with Gasteiger partial charge in [-0.25, -0.2) is 4.79 Å². The lowest BCUT2D eigenvalue weighted by molar-refractivity contribution is 0.0692. The topological polar surface area (TPSA) is 77.8 Å². The number of phenols is 2. The molecule has 108 valence electrons. The molecule has 0 aliphatic carbocycles. The van der Waals surface area contributed by atoms with Gasteiger partial charge in [0.2, 0.25) is 0 Å². The summed E-state index contributed by atoms with van der Waals surface area (Å²) in [6, 6.07) is 2.42. The number of aromatic hydroxyl groups is 2. The zero-order valence-electron chi connectivity index (χ0n) is 11.5. The van der Waals surface area contributed by atoms with Gasteiger partial charge in [0.1, 0.15) is 17.1 Å². The Kier molecular flexibility index (Phi) is 6.37. The molecule has 1 rings (SSSR count). The molecule has 0 bridgehead atoms. The van der Waals surface area contributed by atoms with Crippen molar-refractivity contribution in [2.24, 2.45) is 0 Å². The molecule has 0 saturated carbocycles. The van der Waals surface area contributed by atoms with Gasteiger partial charge in [-0.3, -0.25) is 0 Å². The first-order chi connectivity index (χ1) is 9.56. The van der Waals surface area contributed by atoms with Gasteiger partial charge < -0.3 is 15.3 Å². The quantitative estimate of drug-likeness (QED) is 0.664. The molecule has 0 saturated heterocycles. The lowest BCUT2D eigenvalue weighted by Gasteiger charge is -2.07. The predicted octanol–water partition coefficient (Wildman–Crippen LogP) is 3.64. The number of aromatic carboxylic acids is 1. The fourth-order valence-corrected chi connectivity index (χ4v) is 1.87. The minimum Gasteiger partial charge on any atom is -0.508 e. The van der Waals surface area contributed by atoms with Crippen LogP contribution in [-0.2, 0) is 6.42 Å². The summed E-state index contributed by atoms with van der Waals surface area (Å²) >= 11 is 0. The Bertz CT molecular complexity index is 515. The van der Waals surface area contributed by atoms with E-state index < -0.39 is 11.7 Å². The molecule has 0 heterocycles. The van der Waals surface area contributed by atoms with Crippen LogP contribution in [0.15, 0.2) is 36.4 Å². The van der Waals surface area contributed by atoms with Gasteiger partial charge in [0.25, 0.3) is 0 Å². The first-order valence-electron chi connectivity index (χ1n) is 6.66. The number of phenolic OH excluding ortho intramolecular Hbond substituents is 1. The molecule has 20 heavy (non-hydrogen) atoms. The van der Waals surface area contributed by atoms with Crippen molar-refractivity contribution in [3.63, 3.8) is 0 Å². The second-order valence-electron chi connectivity index (χ2n) is 4.49. The standard InChI is InChI=1S/C16H20O4/c1-2-3-4-5-6-7-8-9-12-10-13(17)11-14(18)15(12)16(19)20/h4-7,10-11,17-18H,2-3,8-9H2,1H3,(H,19,20)/b5-4+,7-6+. The van der Waals surface area contributed by atoms with Crippen molar-refractivity contribution in [1.82, 2.24) is 0 Å². The summed E-state index contributed by atoms with van der Waals surface area (Å²) in [6.45, 7) is 2.11. The zero-order valence-corrected chi connectivity index (χ0v) is 11.5. The fourth-order valence-electron chi connectivity index (χ4n) is 1.87. The largest absolute Gasteiger partial charge is 0.508 e. The summed E-state index contributed by atoms with van der Waals surface area (Å²) in [5.41, 5.74) is 0.287. The number of aryl methyl sites for hydroxylation is 1. The first kappa shape index (κ1) is 15.8. The Hall–Kier alpha value is -2.23. The molecule has 3 N–H and O–H groups in total. The third-order valence-corrected chi connectivity index (χ3v) is 2.82. The Morgan fingerprint density at radius 3 is 2.40 bits per heavy atom. The van der Waals surface area contributed by atoms with Gasteiger partial charge in [-0.2, -0.15) is 0 Å². The summed E-state index contributed by atoms with van der Waals surface area (Å²) in [5.74, 6) is -1.72. The zero-order chi connectivity index (χ0) is 15.0. The van der Waals surface area contributed by atoms with Crippen LogP contribution in [0.2, 0.25) is 0 Å². The molecule has 0 radical (unpaired) electrons. The molecule has 0 atom stereocenters. The van der Waals surface area contributed by atoms with Crippen LogP contribution in [0.1, 0.15) is 42.1 Å². The summed E-state index contributed by atoms with van der Waals surface area (Å²) in [6.07, 6.45) is 11.1. The molecule has 4 nitrogen and oxygen atoms in total. The van der Waals surface area contributed by atoms with Gasteiger partial charge in [0.15, 0.2) is 0 Å². The molecule has 0 fully saturated rings. The van der Waals surface area contributed by atoms with Gasteiger partial charge in [-0.1, -0.05) is 37.6 Å². The maximum absolute atomic E-state index is 11.1. The van der Waals surface area contributed by atoms with Crippen molar-refractivity contribution < 1.29 is 20.1 Å². The van der Waals surface area contributed by atoms with Crippen molar-refractivity contribution in [3.05, 3.63) is 47.6 Å². The summed E-state index contributed by atoms with van der Waals surface area (Å²) in [4.78, 5) is 11.1. The second kappa shape index (κ2) is 8.04. The van der Waals surface area contributed by atoms with Crippen LogP contribution in [0.4, 0.5) is 0 Å². The van der Waals surface area contributed by atoms with Crippen LogP contribution in [0.5, 0.6) is 11.5 Å². The van der Waals surface area contributed by atoms with Gasteiger partial charge in [0.05, 0.1) is 0 Å². The van der Waals surface area contributed by atoms with Crippen molar-refractivity contribution in [2.45, 2.75) is 32.6 Å². The summed E-state index contributed by atoms with van der Waals surface area (Å²) in [7, 11) is 0. The van der Waals surface area contributed by atoms with Crippen LogP contribution in [0.3, 0.4) is 0 Å². The number of allylic oxidation sites excluding steroid dienone is 4. The van der Waals surface area contributed by atoms with E-state index in [0.29, 0.717) is 18.4 Å². The van der Waals surface area contributed by atoms with E-state index in [1.54, 1.807) is 0 Å². The van der Waals surface area contributed by atoms with E-state index in [9.17, 15) is 15.0 Å². The van der Waals surface area contributed by atoms with Crippen LogP contribution >= 0.6 is 0 Å². The molecule has 4 heteroatoms. The minimum atomic E-state index is -1.19. The third kappa shape index (κ3) is 4.80. The monoisotopic (exact) mass is 276 g/mol. The summed E-state index contributed by atoms with van der Waals surface area (Å²) in [5, 5.41) is 28.1. The molecule has 0 spiro atoms. The molecule has 0 aliphatic rings. The molecular formula is C16H20O4. The van der Waals surface area contributed by atoms with Crippen LogP contribution in [-0.4, -0.2) is 21.3 Å².